The average molecular weight is 340 g/mol. The zero-order valence-corrected chi connectivity index (χ0v) is 14.0. The molecule has 1 N–H and O–H groups in total. The number of rotatable bonds is 8. The molecule has 1 atom stereocenters. The summed E-state index contributed by atoms with van der Waals surface area (Å²) in [5.74, 6) is 1.11. The van der Waals surface area contributed by atoms with Gasteiger partial charge in [0.05, 0.1) is 18.4 Å². The van der Waals surface area contributed by atoms with Crippen LogP contribution < -0.4 is 4.74 Å². The van der Waals surface area contributed by atoms with Gasteiger partial charge in [0.1, 0.15) is 30.8 Å². The van der Waals surface area contributed by atoms with Crippen molar-refractivity contribution in [1.82, 2.24) is 0 Å². The lowest BCUT2D eigenvalue weighted by Gasteiger charge is -2.16. The molecule has 0 fully saturated rings. The van der Waals surface area contributed by atoms with Gasteiger partial charge in [-0.2, -0.15) is 0 Å². The minimum absolute atomic E-state index is 0.0342. The van der Waals surface area contributed by atoms with Crippen LogP contribution in [0.5, 0.6) is 5.75 Å². The summed E-state index contributed by atoms with van der Waals surface area (Å²) in [7, 11) is 0. The fourth-order valence-corrected chi connectivity index (χ4v) is 2.59. The first-order chi connectivity index (χ1) is 12.1. The van der Waals surface area contributed by atoms with Gasteiger partial charge in [0.25, 0.3) is 0 Å². The third-order valence-electron chi connectivity index (χ3n) is 3.81. The second kappa shape index (κ2) is 7.96. The van der Waals surface area contributed by atoms with Crippen LogP contribution >= 0.6 is 0 Å². The van der Waals surface area contributed by atoms with E-state index in [2.05, 4.69) is 0 Å². The summed E-state index contributed by atoms with van der Waals surface area (Å²) in [6, 6.07) is 14.9. The van der Waals surface area contributed by atoms with E-state index in [1.54, 1.807) is 24.5 Å². The first-order valence-corrected chi connectivity index (χ1v) is 8.09. The molecular weight excluding hydrogens is 320 g/mol. The molecule has 0 aliphatic rings. The molecule has 0 saturated carbocycles. The highest BCUT2D eigenvalue weighted by Crippen LogP contribution is 2.30. The molecule has 0 bridgehead atoms. The molecule has 0 aliphatic carbocycles. The highest BCUT2D eigenvalue weighted by atomic mass is 16.5. The minimum atomic E-state index is -0.811. The lowest BCUT2D eigenvalue weighted by Crippen LogP contribution is -2.24. The van der Waals surface area contributed by atoms with E-state index in [0.717, 1.165) is 10.8 Å². The van der Waals surface area contributed by atoms with E-state index in [1.165, 1.54) is 6.92 Å². The van der Waals surface area contributed by atoms with Gasteiger partial charge in [0, 0.05) is 5.39 Å². The molecular formula is C20H20O5. The topological polar surface area (TPSA) is 68.9 Å². The molecule has 3 rings (SSSR count). The van der Waals surface area contributed by atoms with Crippen molar-refractivity contribution in [2.24, 2.45) is 0 Å². The summed E-state index contributed by atoms with van der Waals surface area (Å²) in [5, 5.41) is 11.9. The Balaban J connectivity index is 1.65. The molecule has 0 aliphatic heterocycles. The number of benzene rings is 2. The zero-order chi connectivity index (χ0) is 17.6. The molecule has 5 heteroatoms. The van der Waals surface area contributed by atoms with Gasteiger partial charge in [0.2, 0.25) is 0 Å². The maximum absolute atomic E-state index is 11.9. The average Bonchev–Trinajstić information content (AvgIpc) is 3.12. The Morgan fingerprint density at radius 2 is 1.96 bits per heavy atom. The second-order valence-corrected chi connectivity index (χ2v) is 5.78. The molecule has 0 amide bonds. The van der Waals surface area contributed by atoms with Gasteiger partial charge in [0.15, 0.2) is 5.78 Å². The predicted molar refractivity (Wildman–Crippen MR) is 93.8 cm³/mol. The van der Waals surface area contributed by atoms with Crippen LogP contribution in [-0.4, -0.2) is 30.2 Å². The van der Waals surface area contributed by atoms with Crippen molar-refractivity contribution in [2.45, 2.75) is 19.6 Å². The number of ether oxygens (including phenoxy) is 2. The Morgan fingerprint density at radius 1 is 1.12 bits per heavy atom. The van der Waals surface area contributed by atoms with E-state index in [9.17, 15) is 9.90 Å². The van der Waals surface area contributed by atoms with Gasteiger partial charge < -0.3 is 19.0 Å². The van der Waals surface area contributed by atoms with E-state index in [1.807, 2.05) is 30.3 Å². The maximum Gasteiger partial charge on any atom is 0.163 e. The largest absolute Gasteiger partial charge is 0.489 e. The Bertz CT molecular complexity index is 838. The van der Waals surface area contributed by atoms with Crippen molar-refractivity contribution < 1.29 is 23.8 Å². The van der Waals surface area contributed by atoms with Crippen LogP contribution in [0.4, 0.5) is 0 Å². The van der Waals surface area contributed by atoms with Crippen LogP contribution in [0.3, 0.4) is 0 Å². The highest BCUT2D eigenvalue weighted by Gasteiger charge is 2.14. The minimum Gasteiger partial charge on any atom is -0.489 e. The zero-order valence-electron chi connectivity index (χ0n) is 14.0. The highest BCUT2D eigenvalue weighted by molar-refractivity contribution is 6.03. The molecule has 5 nitrogen and oxygen atoms in total. The predicted octanol–water partition coefficient (Wildman–Crippen LogP) is 3.59. The van der Waals surface area contributed by atoms with Crippen molar-refractivity contribution in [2.75, 3.05) is 13.2 Å². The van der Waals surface area contributed by atoms with Crippen molar-refractivity contribution in [1.29, 1.82) is 0 Å². The first kappa shape index (κ1) is 17.2. The summed E-state index contributed by atoms with van der Waals surface area (Å²) in [6.45, 7) is 1.93. The van der Waals surface area contributed by atoms with Gasteiger partial charge in [-0.25, -0.2) is 0 Å². The fraction of sp³-hybridized carbons (Fsp3) is 0.250. The van der Waals surface area contributed by atoms with Crippen LogP contribution in [-0.2, 0) is 11.3 Å². The van der Waals surface area contributed by atoms with Crippen LogP contribution in [0.25, 0.3) is 10.8 Å². The molecule has 0 spiro atoms. The summed E-state index contributed by atoms with van der Waals surface area (Å²) < 4.78 is 16.3. The monoisotopic (exact) mass is 340 g/mol. The molecule has 3 aromatic rings. The van der Waals surface area contributed by atoms with Gasteiger partial charge in [-0.3, -0.25) is 4.79 Å². The lowest BCUT2D eigenvalue weighted by atomic mass is 10.0. The van der Waals surface area contributed by atoms with E-state index >= 15 is 0 Å². The van der Waals surface area contributed by atoms with Crippen LogP contribution in [0.15, 0.2) is 59.2 Å². The van der Waals surface area contributed by atoms with Crippen molar-refractivity contribution in [3.05, 3.63) is 66.1 Å². The number of carbonyl (C=O) groups excluding carboxylic acids is 1. The Labute approximate surface area is 145 Å². The summed E-state index contributed by atoms with van der Waals surface area (Å²) in [6.07, 6.45) is 0.760. The van der Waals surface area contributed by atoms with E-state index in [0.29, 0.717) is 17.1 Å². The number of hydrogen-bond acceptors (Lipinski definition) is 5. The summed E-state index contributed by atoms with van der Waals surface area (Å²) in [4.78, 5) is 11.9. The quantitative estimate of drug-likeness (QED) is 0.635. The third-order valence-corrected chi connectivity index (χ3v) is 3.81. The Hall–Kier alpha value is -2.63. The molecule has 1 heterocycles. The molecule has 0 saturated heterocycles. The normalized spacial score (nSPS) is 12.2. The van der Waals surface area contributed by atoms with E-state index in [-0.39, 0.29) is 25.6 Å². The Kier molecular flexibility index (Phi) is 5.48. The summed E-state index contributed by atoms with van der Waals surface area (Å²) >= 11 is 0. The fourth-order valence-electron chi connectivity index (χ4n) is 2.59. The smallest absolute Gasteiger partial charge is 0.163 e. The number of Topliss-reactive ketones (excluding diaryl/α,β-unsaturated/α-hetero) is 1. The summed E-state index contributed by atoms with van der Waals surface area (Å²) in [5.41, 5.74) is 0.502. The van der Waals surface area contributed by atoms with Crippen LogP contribution in [0, 0.1) is 0 Å². The van der Waals surface area contributed by atoms with E-state index in [4.69, 9.17) is 13.9 Å². The molecule has 2 aromatic carbocycles. The molecule has 0 radical (unpaired) electrons. The van der Waals surface area contributed by atoms with Gasteiger partial charge >= 0.3 is 0 Å². The van der Waals surface area contributed by atoms with Gasteiger partial charge in [-0.15, -0.1) is 0 Å². The van der Waals surface area contributed by atoms with Crippen molar-refractivity contribution >= 4 is 16.6 Å². The number of carbonyl (C=O) groups is 1. The first-order valence-electron chi connectivity index (χ1n) is 8.09. The third kappa shape index (κ3) is 4.26. The number of aliphatic hydroxyl groups excluding tert-OH is 1. The molecule has 25 heavy (non-hydrogen) atoms. The number of ketones is 1. The molecule has 130 valence electrons. The Morgan fingerprint density at radius 3 is 2.72 bits per heavy atom. The number of hydrogen-bond donors (Lipinski definition) is 1. The molecule has 1 unspecified atom stereocenters. The number of furan rings is 1. The SMILES string of the molecule is CC(=O)c1ccc2ccccc2c1OCC(O)COCc1ccco1. The number of aliphatic hydroxyl groups is 1. The lowest BCUT2D eigenvalue weighted by molar-refractivity contribution is 0.00102. The van der Waals surface area contributed by atoms with Crippen LogP contribution in [0.2, 0.25) is 0 Å². The second-order valence-electron chi connectivity index (χ2n) is 5.78. The maximum atomic E-state index is 11.9. The van der Waals surface area contributed by atoms with Crippen LogP contribution in [0.1, 0.15) is 23.0 Å². The number of fused-ring (bicyclic) bond motifs is 1. The standard InChI is InChI=1S/C20H20O5/c1-14(21)18-9-8-15-5-2-3-7-19(15)20(18)25-12-16(22)11-23-13-17-6-4-10-24-17/h2-10,16,22H,11-13H2,1H3. The van der Waals surface area contributed by atoms with Gasteiger partial charge in [-0.05, 0) is 30.5 Å². The molecule has 1 aromatic heterocycles. The van der Waals surface area contributed by atoms with Crippen molar-refractivity contribution in [3.63, 3.8) is 0 Å². The van der Waals surface area contributed by atoms with Crippen molar-refractivity contribution in [3.8, 4) is 5.75 Å². The van der Waals surface area contributed by atoms with Gasteiger partial charge in [-0.1, -0.05) is 30.3 Å². The van der Waals surface area contributed by atoms with E-state index < -0.39 is 6.10 Å².